The minimum Gasteiger partial charge on any atom is -0.497 e. The Bertz CT molecular complexity index is 929. The highest BCUT2D eigenvalue weighted by Crippen LogP contribution is 2.32. The van der Waals surface area contributed by atoms with E-state index in [2.05, 4.69) is 4.90 Å². The topological polar surface area (TPSA) is 48.0 Å². The molecule has 5 heteroatoms. The van der Waals surface area contributed by atoms with Crippen molar-refractivity contribution in [3.63, 3.8) is 0 Å². The number of ketones is 1. The van der Waals surface area contributed by atoms with Crippen LogP contribution in [-0.2, 0) is 0 Å². The molecule has 4 rings (SSSR count). The van der Waals surface area contributed by atoms with Crippen molar-refractivity contribution in [2.45, 2.75) is 38.5 Å². The lowest BCUT2D eigenvalue weighted by molar-refractivity contribution is 0.100. The summed E-state index contributed by atoms with van der Waals surface area (Å²) < 4.78 is 17.0. The number of likely N-dealkylation sites (tertiary alicyclic amines) is 1. The Hall–Kier alpha value is -2.79. The molecule has 2 heterocycles. The van der Waals surface area contributed by atoms with E-state index in [9.17, 15) is 4.79 Å². The van der Waals surface area contributed by atoms with Crippen LogP contribution in [0.5, 0.6) is 17.2 Å². The van der Waals surface area contributed by atoms with Crippen molar-refractivity contribution < 1.29 is 19.0 Å². The number of benzene rings is 2. The molecule has 2 aromatic rings. The molecule has 0 aromatic heterocycles. The molecule has 0 radical (unpaired) electrons. The van der Waals surface area contributed by atoms with Gasteiger partial charge in [-0.15, -0.1) is 0 Å². The summed E-state index contributed by atoms with van der Waals surface area (Å²) in [5.74, 6) is 2.16. The summed E-state index contributed by atoms with van der Waals surface area (Å²) in [5, 5.41) is 0. The summed E-state index contributed by atoms with van der Waals surface area (Å²) in [6.45, 7) is 4.69. The normalized spacial score (nSPS) is 17.7. The summed E-state index contributed by atoms with van der Waals surface area (Å²) in [5.41, 5.74) is 2.18. The number of methoxy groups -OCH3 is 1. The van der Waals surface area contributed by atoms with Crippen LogP contribution >= 0.6 is 0 Å². The first-order valence-corrected chi connectivity index (χ1v) is 11.7. The molecular formula is C27H33NO4. The minimum absolute atomic E-state index is 0.00586. The fraction of sp³-hybridized carbons (Fsp3) is 0.444. The predicted octanol–water partition coefficient (Wildman–Crippen LogP) is 5.39. The largest absolute Gasteiger partial charge is 0.497 e. The number of carbonyl (C=O) groups is 1. The number of hydrogen-bond acceptors (Lipinski definition) is 5. The Morgan fingerprint density at radius 1 is 0.969 bits per heavy atom. The van der Waals surface area contributed by atoms with Gasteiger partial charge in [-0.2, -0.15) is 0 Å². The van der Waals surface area contributed by atoms with Crippen LogP contribution in [0.4, 0.5) is 0 Å². The van der Waals surface area contributed by atoms with Gasteiger partial charge >= 0.3 is 0 Å². The third-order valence-corrected chi connectivity index (χ3v) is 6.17. The number of nitrogens with zero attached hydrogens (tertiary/aromatic N) is 1. The van der Waals surface area contributed by atoms with Gasteiger partial charge in [0, 0.05) is 11.6 Å². The van der Waals surface area contributed by atoms with E-state index >= 15 is 0 Å². The van der Waals surface area contributed by atoms with Gasteiger partial charge in [0.25, 0.3) is 0 Å². The Labute approximate surface area is 191 Å². The fourth-order valence-corrected chi connectivity index (χ4v) is 4.29. The number of fused-ring (bicyclic) bond motifs is 1. The van der Waals surface area contributed by atoms with Gasteiger partial charge in [-0.3, -0.25) is 4.79 Å². The van der Waals surface area contributed by atoms with E-state index in [-0.39, 0.29) is 12.4 Å². The van der Waals surface area contributed by atoms with Gasteiger partial charge in [-0.25, -0.2) is 0 Å². The van der Waals surface area contributed by atoms with E-state index < -0.39 is 0 Å². The van der Waals surface area contributed by atoms with Gasteiger partial charge in [-0.1, -0.05) is 18.6 Å². The highest BCUT2D eigenvalue weighted by atomic mass is 16.5. The fourth-order valence-electron chi connectivity index (χ4n) is 4.29. The molecule has 0 unspecified atom stereocenters. The number of piperidine rings is 1. The summed E-state index contributed by atoms with van der Waals surface area (Å²) >= 11 is 0. The van der Waals surface area contributed by atoms with Gasteiger partial charge in [0.05, 0.1) is 19.3 Å². The van der Waals surface area contributed by atoms with Gasteiger partial charge in [0.2, 0.25) is 0 Å². The van der Waals surface area contributed by atoms with Crippen LogP contribution < -0.4 is 14.2 Å². The van der Waals surface area contributed by atoms with E-state index in [0.717, 1.165) is 23.5 Å². The molecule has 5 nitrogen and oxygen atoms in total. The molecule has 0 atom stereocenters. The first-order valence-electron chi connectivity index (χ1n) is 11.7. The van der Waals surface area contributed by atoms with E-state index in [1.54, 1.807) is 7.11 Å². The van der Waals surface area contributed by atoms with Crippen molar-refractivity contribution in [1.29, 1.82) is 0 Å². The van der Waals surface area contributed by atoms with Crippen LogP contribution in [-0.4, -0.2) is 50.6 Å². The van der Waals surface area contributed by atoms with Crippen LogP contribution in [0.3, 0.4) is 0 Å². The number of carbonyl (C=O) groups excluding carboxylic acids is 1. The van der Waals surface area contributed by atoms with Crippen LogP contribution in [0.25, 0.3) is 6.08 Å². The Kier molecular flexibility index (Phi) is 7.83. The SMILES string of the molecule is COc1ccc(/C=C2\COc3cc(OCCCCCN4CCCCC4)ccc3C2=O)cc1. The van der Waals surface area contributed by atoms with Gasteiger partial charge < -0.3 is 19.1 Å². The van der Waals surface area contributed by atoms with Crippen LogP contribution in [0, 0.1) is 0 Å². The smallest absolute Gasteiger partial charge is 0.196 e. The molecule has 32 heavy (non-hydrogen) atoms. The summed E-state index contributed by atoms with van der Waals surface area (Å²) in [7, 11) is 1.64. The third-order valence-electron chi connectivity index (χ3n) is 6.17. The molecule has 2 aromatic carbocycles. The molecule has 1 saturated heterocycles. The average molecular weight is 436 g/mol. The maximum atomic E-state index is 12.9. The van der Waals surface area contributed by atoms with Crippen molar-refractivity contribution in [2.24, 2.45) is 0 Å². The lowest BCUT2D eigenvalue weighted by atomic mass is 9.98. The number of unbranched alkanes of at least 4 members (excludes halogenated alkanes) is 2. The van der Waals surface area contributed by atoms with E-state index in [1.807, 2.05) is 48.5 Å². The predicted molar refractivity (Wildman–Crippen MR) is 127 cm³/mol. The molecule has 1 fully saturated rings. The zero-order chi connectivity index (χ0) is 22.2. The zero-order valence-electron chi connectivity index (χ0n) is 19.0. The van der Waals surface area contributed by atoms with Gasteiger partial charge in [0.15, 0.2) is 5.78 Å². The van der Waals surface area contributed by atoms with Crippen molar-refractivity contribution in [3.8, 4) is 17.2 Å². The highest BCUT2D eigenvalue weighted by Gasteiger charge is 2.23. The van der Waals surface area contributed by atoms with E-state index in [1.165, 1.54) is 51.7 Å². The quantitative estimate of drug-likeness (QED) is 0.390. The molecule has 0 aliphatic carbocycles. The van der Waals surface area contributed by atoms with Gasteiger partial charge in [0.1, 0.15) is 23.9 Å². The molecule has 0 bridgehead atoms. The lowest BCUT2D eigenvalue weighted by Crippen LogP contribution is -2.30. The number of Topliss-reactive ketones (excluding diaryl/α,β-unsaturated/α-hetero) is 1. The second kappa shape index (κ2) is 11.2. The zero-order valence-corrected chi connectivity index (χ0v) is 19.0. The Balaban J connectivity index is 1.25. The molecule has 0 N–H and O–H groups in total. The second-order valence-corrected chi connectivity index (χ2v) is 8.53. The molecular weight excluding hydrogens is 402 g/mol. The molecule has 0 saturated carbocycles. The number of rotatable bonds is 9. The van der Waals surface area contributed by atoms with Crippen LogP contribution in [0.1, 0.15) is 54.4 Å². The molecule has 2 aliphatic rings. The highest BCUT2D eigenvalue weighted by molar-refractivity contribution is 6.14. The molecule has 0 amide bonds. The molecule has 0 spiro atoms. The summed E-state index contributed by atoms with van der Waals surface area (Å²) in [6.07, 6.45) is 9.42. The monoisotopic (exact) mass is 435 g/mol. The van der Waals surface area contributed by atoms with Gasteiger partial charge in [-0.05, 0) is 87.6 Å². The van der Waals surface area contributed by atoms with Crippen molar-refractivity contribution in [2.75, 3.05) is 40.0 Å². The van der Waals surface area contributed by atoms with E-state index in [0.29, 0.717) is 23.5 Å². The van der Waals surface area contributed by atoms with Crippen LogP contribution in [0.15, 0.2) is 48.0 Å². The van der Waals surface area contributed by atoms with Crippen LogP contribution in [0.2, 0.25) is 0 Å². The lowest BCUT2D eigenvalue weighted by Gasteiger charge is -2.26. The van der Waals surface area contributed by atoms with Crippen molar-refractivity contribution in [1.82, 2.24) is 4.90 Å². The summed E-state index contributed by atoms with van der Waals surface area (Å²) in [4.78, 5) is 15.5. The number of hydrogen-bond donors (Lipinski definition) is 0. The second-order valence-electron chi connectivity index (χ2n) is 8.53. The maximum Gasteiger partial charge on any atom is 0.196 e. The average Bonchev–Trinajstić information content (AvgIpc) is 2.84. The van der Waals surface area contributed by atoms with E-state index in [4.69, 9.17) is 14.2 Å². The van der Waals surface area contributed by atoms with Crippen molar-refractivity contribution >= 4 is 11.9 Å². The summed E-state index contributed by atoms with van der Waals surface area (Å²) in [6, 6.07) is 13.1. The Morgan fingerprint density at radius 3 is 2.53 bits per heavy atom. The minimum atomic E-state index is 0.00586. The first kappa shape index (κ1) is 22.4. The standard InChI is InChI=1S/C27H33NO4/c1-30-23-10-8-21(9-11-23)18-22-20-32-26-19-24(12-13-25(26)27(22)29)31-17-7-3-6-16-28-14-4-2-5-15-28/h8-13,18-19H,2-7,14-17,20H2,1H3/b22-18+. The third kappa shape index (κ3) is 5.92. The Morgan fingerprint density at radius 2 is 1.75 bits per heavy atom. The first-order chi connectivity index (χ1) is 15.7. The number of ether oxygens (including phenoxy) is 3. The van der Waals surface area contributed by atoms with Crippen molar-refractivity contribution in [3.05, 3.63) is 59.2 Å². The molecule has 2 aliphatic heterocycles. The molecule has 170 valence electrons. The maximum absolute atomic E-state index is 12.9.